The van der Waals surface area contributed by atoms with E-state index in [4.69, 9.17) is 0 Å². The Balaban J connectivity index is 1.92. The molecule has 1 heterocycles. The number of aryl methyl sites for hydroxylation is 3. The lowest BCUT2D eigenvalue weighted by Gasteiger charge is -2.17. The highest BCUT2D eigenvalue weighted by molar-refractivity contribution is 7.89. The molecule has 1 saturated heterocycles. The third-order valence-corrected chi connectivity index (χ3v) is 6.40. The van der Waals surface area contributed by atoms with Gasteiger partial charge in [0.1, 0.15) is 0 Å². The van der Waals surface area contributed by atoms with Gasteiger partial charge < -0.3 is 10.2 Å². The summed E-state index contributed by atoms with van der Waals surface area (Å²) in [6, 6.07) is 3.72. The number of likely N-dealkylation sites (tertiary alicyclic amines) is 1. The molecule has 0 aromatic heterocycles. The van der Waals surface area contributed by atoms with Crippen molar-refractivity contribution in [2.75, 3.05) is 33.2 Å². The highest BCUT2D eigenvalue weighted by atomic mass is 32.2. The molecule has 0 saturated carbocycles. The van der Waals surface area contributed by atoms with E-state index in [0.29, 0.717) is 10.8 Å². The Morgan fingerprint density at radius 1 is 1.24 bits per heavy atom. The zero-order chi connectivity index (χ0) is 18.6. The Kier molecular flexibility index (Phi) is 6.59. The summed E-state index contributed by atoms with van der Waals surface area (Å²) in [5, 5.41) is 3.14. The summed E-state index contributed by atoms with van der Waals surface area (Å²) < 4.78 is 27.7. The molecule has 1 aromatic rings. The van der Waals surface area contributed by atoms with Crippen LogP contribution >= 0.6 is 0 Å². The molecule has 0 radical (unpaired) electrons. The van der Waals surface area contributed by atoms with Gasteiger partial charge in [0.25, 0.3) is 0 Å². The van der Waals surface area contributed by atoms with Crippen molar-refractivity contribution in [3.05, 3.63) is 28.8 Å². The zero-order valence-corrected chi connectivity index (χ0v) is 16.4. The van der Waals surface area contributed by atoms with Crippen molar-refractivity contribution in [3.63, 3.8) is 0 Å². The van der Waals surface area contributed by atoms with Gasteiger partial charge in [0.15, 0.2) is 0 Å². The van der Waals surface area contributed by atoms with E-state index in [-0.39, 0.29) is 18.9 Å². The first-order valence-corrected chi connectivity index (χ1v) is 10.2. The highest BCUT2D eigenvalue weighted by Gasteiger charge is 2.26. The second-order valence-electron chi connectivity index (χ2n) is 6.93. The molecule has 1 amide bonds. The molecular formula is C18H29N3O3S. The number of hydrogen-bond acceptors (Lipinski definition) is 4. The van der Waals surface area contributed by atoms with E-state index in [2.05, 4.69) is 10.0 Å². The maximum absolute atomic E-state index is 12.6. The molecule has 0 aliphatic carbocycles. The normalized spacial score (nSPS) is 17.9. The minimum Gasteiger partial charge on any atom is -0.342 e. The number of nitrogens with zero attached hydrogens (tertiary/aromatic N) is 1. The van der Waals surface area contributed by atoms with E-state index in [9.17, 15) is 13.2 Å². The Bertz CT molecular complexity index is 708. The van der Waals surface area contributed by atoms with Gasteiger partial charge in [-0.05, 0) is 57.8 Å². The molecule has 1 atom stereocenters. The van der Waals surface area contributed by atoms with Crippen molar-refractivity contribution in [1.29, 1.82) is 0 Å². The summed E-state index contributed by atoms with van der Waals surface area (Å²) in [7, 11) is -1.70. The molecule has 25 heavy (non-hydrogen) atoms. The molecule has 1 fully saturated rings. The van der Waals surface area contributed by atoms with Crippen LogP contribution in [-0.4, -0.2) is 52.5 Å². The van der Waals surface area contributed by atoms with Crippen LogP contribution in [0.5, 0.6) is 0 Å². The molecule has 1 unspecified atom stereocenters. The fraction of sp³-hybridized carbons (Fsp3) is 0.611. The van der Waals surface area contributed by atoms with Crippen LogP contribution in [0.1, 0.15) is 29.5 Å². The molecule has 2 rings (SSSR count). The fourth-order valence-corrected chi connectivity index (χ4v) is 5.11. The molecule has 0 bridgehead atoms. The number of carbonyl (C=O) groups is 1. The molecule has 140 valence electrons. The summed E-state index contributed by atoms with van der Waals surface area (Å²) in [6.45, 7) is 8.08. The molecule has 7 heteroatoms. The fourth-order valence-electron chi connectivity index (χ4n) is 3.63. The summed E-state index contributed by atoms with van der Waals surface area (Å²) in [5.41, 5.74) is 2.49. The van der Waals surface area contributed by atoms with E-state index >= 15 is 0 Å². The van der Waals surface area contributed by atoms with Gasteiger partial charge in [-0.25, -0.2) is 13.1 Å². The average Bonchev–Trinajstić information content (AvgIpc) is 2.94. The zero-order valence-electron chi connectivity index (χ0n) is 15.6. The van der Waals surface area contributed by atoms with Gasteiger partial charge in [-0.15, -0.1) is 0 Å². The monoisotopic (exact) mass is 367 g/mol. The van der Waals surface area contributed by atoms with Crippen molar-refractivity contribution in [2.24, 2.45) is 5.92 Å². The third kappa shape index (κ3) is 5.03. The van der Waals surface area contributed by atoms with Crippen LogP contribution in [0.15, 0.2) is 17.0 Å². The van der Waals surface area contributed by atoms with Gasteiger partial charge in [-0.2, -0.15) is 0 Å². The molecule has 2 N–H and O–H groups in total. The lowest BCUT2D eigenvalue weighted by molar-refractivity contribution is -0.130. The minimum atomic E-state index is -3.61. The third-order valence-electron chi connectivity index (χ3n) is 4.64. The molecule has 1 aromatic carbocycles. The summed E-state index contributed by atoms with van der Waals surface area (Å²) >= 11 is 0. The van der Waals surface area contributed by atoms with E-state index in [0.717, 1.165) is 42.7 Å². The minimum absolute atomic E-state index is 0.0126. The van der Waals surface area contributed by atoms with Crippen LogP contribution in [0.25, 0.3) is 0 Å². The Morgan fingerprint density at radius 3 is 2.48 bits per heavy atom. The average molecular weight is 368 g/mol. The standard InChI is InChI=1S/C18H29N3O3S/c1-13-9-14(2)18(15(3)10-13)25(23,24)20-7-5-17(22)21-8-6-16(12-21)11-19-4/h9-10,16,19-20H,5-8,11-12H2,1-4H3. The smallest absolute Gasteiger partial charge is 0.241 e. The summed E-state index contributed by atoms with van der Waals surface area (Å²) in [4.78, 5) is 14.4. The number of amides is 1. The van der Waals surface area contributed by atoms with Gasteiger partial charge in [0.2, 0.25) is 15.9 Å². The second-order valence-corrected chi connectivity index (χ2v) is 8.63. The second kappa shape index (κ2) is 8.29. The number of hydrogen-bond donors (Lipinski definition) is 2. The van der Waals surface area contributed by atoms with Crippen molar-refractivity contribution in [3.8, 4) is 0 Å². The van der Waals surface area contributed by atoms with Crippen LogP contribution in [0.3, 0.4) is 0 Å². The number of rotatable bonds is 7. The highest BCUT2D eigenvalue weighted by Crippen LogP contribution is 2.21. The lowest BCUT2D eigenvalue weighted by Crippen LogP contribution is -2.34. The van der Waals surface area contributed by atoms with E-state index < -0.39 is 10.0 Å². The van der Waals surface area contributed by atoms with Gasteiger partial charge >= 0.3 is 0 Å². The van der Waals surface area contributed by atoms with Gasteiger partial charge in [-0.1, -0.05) is 17.7 Å². The number of nitrogens with one attached hydrogen (secondary N) is 2. The van der Waals surface area contributed by atoms with E-state index in [1.54, 1.807) is 13.8 Å². The number of benzene rings is 1. The molecule has 1 aliphatic rings. The summed E-state index contributed by atoms with van der Waals surface area (Å²) in [6.07, 6.45) is 1.19. The Hall–Kier alpha value is -1.44. The topological polar surface area (TPSA) is 78.5 Å². The molecular weight excluding hydrogens is 338 g/mol. The largest absolute Gasteiger partial charge is 0.342 e. The van der Waals surface area contributed by atoms with E-state index in [1.165, 1.54) is 0 Å². The van der Waals surface area contributed by atoms with Crippen LogP contribution in [0.2, 0.25) is 0 Å². The first-order chi connectivity index (χ1) is 11.7. The number of sulfonamides is 1. The molecule has 0 spiro atoms. The SMILES string of the molecule is CNCC1CCN(C(=O)CCNS(=O)(=O)c2c(C)cc(C)cc2C)C1. The van der Waals surface area contributed by atoms with Gasteiger partial charge in [0.05, 0.1) is 4.90 Å². The Labute approximate surface area is 151 Å². The van der Waals surface area contributed by atoms with E-state index in [1.807, 2.05) is 31.0 Å². The van der Waals surface area contributed by atoms with Crippen molar-refractivity contribution in [2.45, 2.75) is 38.5 Å². The van der Waals surface area contributed by atoms with Crippen molar-refractivity contribution in [1.82, 2.24) is 14.9 Å². The van der Waals surface area contributed by atoms with Gasteiger partial charge in [-0.3, -0.25) is 4.79 Å². The first kappa shape index (κ1) is 19.9. The Morgan fingerprint density at radius 2 is 1.88 bits per heavy atom. The van der Waals surface area contributed by atoms with Gasteiger partial charge in [0, 0.05) is 26.1 Å². The maximum atomic E-state index is 12.6. The number of carbonyl (C=O) groups excluding carboxylic acids is 1. The predicted molar refractivity (Wildman–Crippen MR) is 99.1 cm³/mol. The molecule has 6 nitrogen and oxygen atoms in total. The van der Waals surface area contributed by atoms with Crippen LogP contribution < -0.4 is 10.0 Å². The maximum Gasteiger partial charge on any atom is 0.241 e. The van der Waals surface area contributed by atoms with Crippen molar-refractivity contribution >= 4 is 15.9 Å². The first-order valence-electron chi connectivity index (χ1n) is 8.74. The van der Waals surface area contributed by atoms with Crippen LogP contribution in [-0.2, 0) is 14.8 Å². The van der Waals surface area contributed by atoms with Crippen LogP contribution in [0.4, 0.5) is 0 Å². The molecule has 1 aliphatic heterocycles. The predicted octanol–water partition coefficient (Wildman–Crippen LogP) is 1.35. The van der Waals surface area contributed by atoms with Crippen molar-refractivity contribution < 1.29 is 13.2 Å². The summed E-state index contributed by atoms with van der Waals surface area (Å²) in [5.74, 6) is 0.502. The quantitative estimate of drug-likeness (QED) is 0.762. The van der Waals surface area contributed by atoms with Crippen LogP contribution in [0, 0.1) is 26.7 Å². The lowest BCUT2D eigenvalue weighted by atomic mass is 10.1.